The summed E-state index contributed by atoms with van der Waals surface area (Å²) in [4.78, 5) is 4.44. The first-order valence-electron chi connectivity index (χ1n) is 5.99. The van der Waals surface area contributed by atoms with Gasteiger partial charge in [-0.15, -0.1) is 0 Å². The number of ether oxygens (including phenoxy) is 1. The van der Waals surface area contributed by atoms with Crippen LogP contribution in [0.15, 0.2) is 18.5 Å². The molecule has 0 unspecified atom stereocenters. The van der Waals surface area contributed by atoms with Gasteiger partial charge in [0, 0.05) is 11.8 Å². The normalized spacial score (nSPS) is 12.7. The molecule has 0 aromatic carbocycles. The highest BCUT2D eigenvalue weighted by Gasteiger charge is 2.14. The Morgan fingerprint density at radius 2 is 2.06 bits per heavy atom. The molecule has 1 aromatic rings. The van der Waals surface area contributed by atoms with Crippen molar-refractivity contribution >= 4 is 5.57 Å². The van der Waals surface area contributed by atoms with Gasteiger partial charge in [-0.05, 0) is 42.9 Å². The molecule has 0 saturated heterocycles. The Kier molecular flexibility index (Phi) is 4.33. The van der Waals surface area contributed by atoms with E-state index >= 15 is 0 Å². The van der Waals surface area contributed by atoms with Gasteiger partial charge in [0.05, 0.1) is 19.1 Å². The maximum Gasteiger partial charge on any atom is 0.0875 e. The average molecular weight is 233 g/mol. The third-order valence-corrected chi connectivity index (χ3v) is 2.63. The average Bonchev–Trinajstić information content (AvgIpc) is 2.19. The Hall–Kier alpha value is -1.31. The molecule has 0 bridgehead atoms. The van der Waals surface area contributed by atoms with Gasteiger partial charge in [0.2, 0.25) is 0 Å². The molecule has 0 fully saturated rings. The van der Waals surface area contributed by atoms with E-state index in [9.17, 15) is 0 Å². The summed E-state index contributed by atoms with van der Waals surface area (Å²) in [5.74, 6) is 0. The van der Waals surface area contributed by atoms with Gasteiger partial charge in [-0.25, -0.2) is 0 Å². The number of hydrogen-bond donors (Lipinski definition) is 0. The minimum Gasteiger partial charge on any atom is -0.504 e. The molecule has 0 aliphatic rings. The predicted molar refractivity (Wildman–Crippen MR) is 72.8 cm³/mol. The van der Waals surface area contributed by atoms with Crippen LogP contribution in [-0.4, -0.2) is 12.1 Å². The number of rotatable bonds is 3. The number of hydrogen-bond acceptors (Lipinski definition) is 2. The summed E-state index contributed by atoms with van der Waals surface area (Å²) in [5, 5.41) is 0. The molecule has 1 heterocycles. The fourth-order valence-corrected chi connectivity index (χ4v) is 1.78. The molecule has 0 radical (unpaired) electrons. The monoisotopic (exact) mass is 233 g/mol. The Morgan fingerprint density at radius 3 is 2.59 bits per heavy atom. The van der Waals surface area contributed by atoms with E-state index in [2.05, 4.69) is 38.7 Å². The number of methoxy groups -OCH3 is 1. The van der Waals surface area contributed by atoms with Gasteiger partial charge in [0.25, 0.3) is 0 Å². The molecule has 0 saturated carbocycles. The predicted octanol–water partition coefficient (Wildman–Crippen LogP) is 3.99. The standard InChI is InChI=1S/C15H23NO/c1-11-9-16-14(12(2)10-17-6)7-13(11)8-15(3,4)5/h7,9-10H,8H2,1-6H3/b12-10-. The van der Waals surface area contributed by atoms with Crippen molar-refractivity contribution in [2.45, 2.75) is 41.0 Å². The lowest BCUT2D eigenvalue weighted by Gasteiger charge is -2.20. The van der Waals surface area contributed by atoms with Gasteiger partial charge < -0.3 is 4.74 Å². The lowest BCUT2D eigenvalue weighted by molar-refractivity contribution is 0.339. The molecule has 0 aliphatic carbocycles. The molecule has 17 heavy (non-hydrogen) atoms. The topological polar surface area (TPSA) is 22.1 Å². The molecule has 1 rings (SSSR count). The van der Waals surface area contributed by atoms with Gasteiger partial charge in [-0.2, -0.15) is 0 Å². The largest absolute Gasteiger partial charge is 0.504 e. The van der Waals surface area contributed by atoms with Crippen LogP contribution in [-0.2, 0) is 11.2 Å². The molecule has 94 valence electrons. The Balaban J connectivity index is 3.07. The minimum atomic E-state index is 0.294. The molecular formula is C15H23NO. The molecule has 2 nitrogen and oxygen atoms in total. The first kappa shape index (κ1) is 13.8. The van der Waals surface area contributed by atoms with Gasteiger partial charge in [0.1, 0.15) is 0 Å². The van der Waals surface area contributed by atoms with E-state index in [0.717, 1.165) is 17.7 Å². The van der Waals surface area contributed by atoms with Crippen LogP contribution in [0.3, 0.4) is 0 Å². The van der Waals surface area contributed by atoms with Crippen LogP contribution >= 0.6 is 0 Å². The number of aryl methyl sites for hydroxylation is 1. The van der Waals surface area contributed by atoms with Crippen LogP contribution < -0.4 is 0 Å². The summed E-state index contributed by atoms with van der Waals surface area (Å²) >= 11 is 0. The molecule has 0 amide bonds. The molecule has 1 aromatic heterocycles. The molecule has 0 atom stereocenters. The van der Waals surface area contributed by atoms with Crippen molar-refractivity contribution in [3.05, 3.63) is 35.3 Å². The van der Waals surface area contributed by atoms with E-state index in [1.807, 2.05) is 13.1 Å². The van der Waals surface area contributed by atoms with Crippen LogP contribution in [0.2, 0.25) is 0 Å². The number of pyridine rings is 1. The van der Waals surface area contributed by atoms with E-state index < -0.39 is 0 Å². The van der Waals surface area contributed by atoms with E-state index in [1.165, 1.54) is 11.1 Å². The second kappa shape index (κ2) is 5.35. The Morgan fingerprint density at radius 1 is 1.41 bits per heavy atom. The second-order valence-corrected chi connectivity index (χ2v) is 5.77. The molecule has 2 heteroatoms. The highest BCUT2D eigenvalue weighted by atomic mass is 16.5. The van der Waals surface area contributed by atoms with Crippen molar-refractivity contribution in [1.29, 1.82) is 0 Å². The third-order valence-electron chi connectivity index (χ3n) is 2.63. The molecule has 0 spiro atoms. The van der Waals surface area contributed by atoms with Crippen LogP contribution in [0.5, 0.6) is 0 Å². The zero-order valence-electron chi connectivity index (χ0n) is 11.8. The highest BCUT2D eigenvalue weighted by molar-refractivity contribution is 5.60. The SMILES string of the molecule is CO/C=C(/C)c1cc(CC(C)(C)C)c(C)cn1. The third kappa shape index (κ3) is 4.22. The van der Waals surface area contributed by atoms with Crippen molar-refractivity contribution in [1.82, 2.24) is 4.98 Å². The van der Waals surface area contributed by atoms with Gasteiger partial charge in [-0.1, -0.05) is 20.8 Å². The summed E-state index contributed by atoms with van der Waals surface area (Å²) in [5.41, 5.74) is 4.97. The lowest BCUT2D eigenvalue weighted by atomic mass is 9.86. The summed E-state index contributed by atoms with van der Waals surface area (Å²) < 4.78 is 5.03. The maximum atomic E-state index is 5.03. The molecule has 0 N–H and O–H groups in total. The van der Waals surface area contributed by atoms with Crippen molar-refractivity contribution < 1.29 is 4.74 Å². The quantitative estimate of drug-likeness (QED) is 0.737. The first-order valence-corrected chi connectivity index (χ1v) is 5.99. The zero-order chi connectivity index (χ0) is 13.1. The zero-order valence-corrected chi connectivity index (χ0v) is 11.8. The van der Waals surface area contributed by atoms with Crippen LogP contribution in [0.25, 0.3) is 5.57 Å². The Bertz CT molecular complexity index is 413. The number of nitrogens with zero attached hydrogens (tertiary/aromatic N) is 1. The van der Waals surface area contributed by atoms with Crippen LogP contribution in [0.1, 0.15) is 44.5 Å². The number of allylic oxidation sites excluding steroid dienone is 1. The highest BCUT2D eigenvalue weighted by Crippen LogP contribution is 2.24. The second-order valence-electron chi connectivity index (χ2n) is 5.77. The fourth-order valence-electron chi connectivity index (χ4n) is 1.78. The van der Waals surface area contributed by atoms with Crippen molar-refractivity contribution in [2.24, 2.45) is 5.41 Å². The molecule has 0 aliphatic heterocycles. The maximum absolute atomic E-state index is 5.03. The smallest absolute Gasteiger partial charge is 0.0875 e. The van der Waals surface area contributed by atoms with Gasteiger partial charge >= 0.3 is 0 Å². The van der Waals surface area contributed by atoms with Gasteiger partial charge in [-0.3, -0.25) is 4.98 Å². The minimum absolute atomic E-state index is 0.294. The first-order chi connectivity index (χ1) is 7.83. The van der Waals surface area contributed by atoms with Crippen molar-refractivity contribution in [3.63, 3.8) is 0 Å². The van der Waals surface area contributed by atoms with Crippen molar-refractivity contribution in [2.75, 3.05) is 7.11 Å². The van der Waals surface area contributed by atoms with E-state index in [4.69, 9.17) is 4.74 Å². The fraction of sp³-hybridized carbons (Fsp3) is 0.533. The van der Waals surface area contributed by atoms with Gasteiger partial charge in [0.15, 0.2) is 0 Å². The van der Waals surface area contributed by atoms with Crippen LogP contribution in [0.4, 0.5) is 0 Å². The summed E-state index contributed by atoms with van der Waals surface area (Å²) in [6, 6.07) is 2.17. The molecular weight excluding hydrogens is 210 g/mol. The summed E-state index contributed by atoms with van der Waals surface area (Å²) in [7, 11) is 1.66. The lowest BCUT2D eigenvalue weighted by Crippen LogP contribution is -2.11. The number of aromatic nitrogens is 1. The van der Waals surface area contributed by atoms with E-state index in [1.54, 1.807) is 13.4 Å². The van der Waals surface area contributed by atoms with E-state index in [0.29, 0.717) is 5.41 Å². The Labute approximate surface area is 105 Å². The summed E-state index contributed by atoms with van der Waals surface area (Å²) in [6.07, 6.45) is 4.75. The van der Waals surface area contributed by atoms with Crippen LogP contribution in [0, 0.1) is 12.3 Å². The summed E-state index contributed by atoms with van der Waals surface area (Å²) in [6.45, 7) is 10.9. The van der Waals surface area contributed by atoms with Crippen molar-refractivity contribution in [3.8, 4) is 0 Å². The van der Waals surface area contributed by atoms with E-state index in [-0.39, 0.29) is 0 Å².